The number of benzene rings is 2. The Morgan fingerprint density at radius 2 is 2.00 bits per heavy atom. The molecule has 0 spiro atoms. The van der Waals surface area contributed by atoms with Crippen LogP contribution in [-0.4, -0.2) is 45.4 Å². The van der Waals surface area contributed by atoms with Crippen LogP contribution in [0.5, 0.6) is 5.75 Å². The number of aromatic amines is 1. The van der Waals surface area contributed by atoms with Crippen LogP contribution in [0.15, 0.2) is 48.5 Å². The summed E-state index contributed by atoms with van der Waals surface area (Å²) < 4.78 is 8.95. The second kappa shape index (κ2) is 10.4. The van der Waals surface area contributed by atoms with Crippen molar-refractivity contribution in [3.63, 3.8) is 0 Å². The van der Waals surface area contributed by atoms with Gasteiger partial charge in [0, 0.05) is 31.6 Å². The van der Waals surface area contributed by atoms with Crippen molar-refractivity contribution in [2.75, 3.05) is 25.0 Å². The van der Waals surface area contributed by atoms with E-state index >= 15 is 0 Å². The molecule has 2 aromatic heterocycles. The maximum atomic E-state index is 12.3. The average molecular weight is 469 g/mol. The third kappa shape index (κ3) is 5.32. The summed E-state index contributed by atoms with van der Waals surface area (Å²) in [4.78, 5) is 16.8. The zero-order chi connectivity index (χ0) is 22.3. The van der Waals surface area contributed by atoms with E-state index in [0.29, 0.717) is 43.3 Å². The maximum absolute atomic E-state index is 12.3. The number of amides is 1. The molecule has 0 aliphatic carbocycles. The number of fused-ring (bicyclic) bond motifs is 1. The Kier molecular flexibility index (Phi) is 7.13. The molecule has 0 radical (unpaired) electrons. The van der Waals surface area contributed by atoms with E-state index in [1.807, 2.05) is 60.0 Å². The van der Waals surface area contributed by atoms with Crippen LogP contribution in [0.3, 0.4) is 0 Å². The largest absolute Gasteiger partial charge is 0.494 e. The molecule has 8 nitrogen and oxygen atoms in total. The van der Waals surface area contributed by atoms with E-state index in [2.05, 4.69) is 25.8 Å². The molecule has 1 amide bonds. The first-order chi connectivity index (χ1) is 15.6. The lowest BCUT2D eigenvalue weighted by Crippen LogP contribution is -2.29. The highest BCUT2D eigenvalue weighted by atomic mass is 32.1. The zero-order valence-corrected chi connectivity index (χ0v) is 19.3. The molecule has 4 rings (SSSR count). The summed E-state index contributed by atoms with van der Waals surface area (Å²) in [7, 11) is 0. The Morgan fingerprint density at radius 3 is 2.78 bits per heavy atom. The van der Waals surface area contributed by atoms with Crippen LogP contribution in [0.4, 0.5) is 5.13 Å². The monoisotopic (exact) mass is 468 g/mol. The molecule has 0 unspecified atom stereocenters. The van der Waals surface area contributed by atoms with Gasteiger partial charge in [0.25, 0.3) is 0 Å². The Balaban J connectivity index is 1.26. The van der Waals surface area contributed by atoms with Gasteiger partial charge in [0.2, 0.25) is 5.91 Å². The van der Waals surface area contributed by atoms with Gasteiger partial charge < -0.3 is 15.4 Å². The summed E-state index contributed by atoms with van der Waals surface area (Å²) in [5, 5.41) is 14.2. The molecule has 0 fully saturated rings. The minimum atomic E-state index is -0.0446. The molecule has 0 saturated heterocycles. The molecule has 3 N–H and O–H groups in total. The number of ether oxygens (including phenoxy) is 1. The second-order valence-electron chi connectivity index (χ2n) is 6.97. The van der Waals surface area contributed by atoms with Gasteiger partial charge in [-0.05, 0) is 55.5 Å². The summed E-state index contributed by atoms with van der Waals surface area (Å²) >= 11 is 6.95. The molecule has 10 heteroatoms. The SMILES string of the molecule is CCOc1ccc(-c2n[nH]c(=S)n2CCC(=O)NCCNc2nc3ccccc3s2)cc1. The fraction of sp³-hybridized carbons (Fsp3) is 0.273. The van der Waals surface area contributed by atoms with E-state index in [0.717, 1.165) is 26.7 Å². The molecule has 4 aromatic rings. The fourth-order valence-electron chi connectivity index (χ4n) is 3.23. The fourth-order valence-corrected chi connectivity index (χ4v) is 4.35. The number of carbonyl (C=O) groups excluding carboxylic acids is 1. The Bertz CT molecular complexity index is 1210. The normalized spacial score (nSPS) is 10.9. The predicted molar refractivity (Wildman–Crippen MR) is 130 cm³/mol. The first-order valence-corrected chi connectivity index (χ1v) is 11.6. The van der Waals surface area contributed by atoms with Crippen molar-refractivity contribution < 1.29 is 9.53 Å². The quantitative estimate of drug-likeness (QED) is 0.238. The van der Waals surface area contributed by atoms with Crippen molar-refractivity contribution in [3.8, 4) is 17.1 Å². The van der Waals surface area contributed by atoms with Gasteiger partial charge in [-0.3, -0.25) is 14.5 Å². The van der Waals surface area contributed by atoms with Crippen LogP contribution in [0.25, 0.3) is 21.6 Å². The summed E-state index contributed by atoms with van der Waals surface area (Å²) in [5.74, 6) is 1.45. The molecule has 32 heavy (non-hydrogen) atoms. The number of hydrogen-bond donors (Lipinski definition) is 3. The minimum absolute atomic E-state index is 0.0446. The topological polar surface area (TPSA) is 96.9 Å². The number of para-hydroxylation sites is 1. The second-order valence-corrected chi connectivity index (χ2v) is 8.39. The van der Waals surface area contributed by atoms with E-state index in [4.69, 9.17) is 17.0 Å². The lowest BCUT2D eigenvalue weighted by molar-refractivity contribution is -0.121. The van der Waals surface area contributed by atoms with Gasteiger partial charge in [-0.2, -0.15) is 5.10 Å². The van der Waals surface area contributed by atoms with Crippen LogP contribution in [-0.2, 0) is 11.3 Å². The number of thiazole rings is 1. The van der Waals surface area contributed by atoms with E-state index in [1.54, 1.807) is 11.3 Å². The Morgan fingerprint density at radius 1 is 1.19 bits per heavy atom. The van der Waals surface area contributed by atoms with Crippen molar-refractivity contribution >= 4 is 44.8 Å². The average Bonchev–Trinajstić information content (AvgIpc) is 3.39. The summed E-state index contributed by atoms with van der Waals surface area (Å²) in [6, 6.07) is 15.7. The molecule has 0 aliphatic heterocycles. The molecule has 0 saturated carbocycles. The van der Waals surface area contributed by atoms with Crippen molar-refractivity contribution in [1.82, 2.24) is 25.1 Å². The van der Waals surface area contributed by atoms with Gasteiger partial charge >= 0.3 is 0 Å². The molecular weight excluding hydrogens is 444 g/mol. The van der Waals surface area contributed by atoms with Crippen LogP contribution in [0.1, 0.15) is 13.3 Å². The van der Waals surface area contributed by atoms with Crippen LogP contribution in [0.2, 0.25) is 0 Å². The van der Waals surface area contributed by atoms with Gasteiger partial charge in [0.1, 0.15) is 5.75 Å². The molecule has 0 atom stereocenters. The van der Waals surface area contributed by atoms with E-state index < -0.39 is 0 Å². The number of nitrogens with one attached hydrogen (secondary N) is 3. The smallest absolute Gasteiger partial charge is 0.221 e. The Labute approximate surface area is 194 Å². The van der Waals surface area contributed by atoms with Crippen molar-refractivity contribution in [1.29, 1.82) is 0 Å². The molecule has 0 aliphatic rings. The Hall–Kier alpha value is -3.24. The standard InChI is InChI=1S/C22H24N6O2S2/c1-2-30-16-9-7-15(8-10-16)20-26-27-22(31)28(20)14-11-19(29)23-12-13-24-21-25-17-5-3-4-6-18(17)32-21/h3-10H,2,11-14H2,1H3,(H,23,29)(H,24,25)(H,27,31). The number of hydrogen-bond acceptors (Lipinski definition) is 7. The van der Waals surface area contributed by atoms with Gasteiger partial charge in [0.15, 0.2) is 15.7 Å². The first-order valence-electron chi connectivity index (χ1n) is 10.4. The van der Waals surface area contributed by atoms with Crippen LogP contribution in [0, 0.1) is 4.77 Å². The molecular formula is C22H24N6O2S2. The van der Waals surface area contributed by atoms with Crippen LogP contribution < -0.4 is 15.4 Å². The van der Waals surface area contributed by atoms with Gasteiger partial charge in [-0.15, -0.1) is 0 Å². The number of carbonyl (C=O) groups is 1. The van der Waals surface area contributed by atoms with E-state index in [1.165, 1.54) is 0 Å². The summed E-state index contributed by atoms with van der Waals surface area (Å²) in [6.07, 6.45) is 0.305. The van der Waals surface area contributed by atoms with E-state index in [9.17, 15) is 4.79 Å². The first kappa shape index (κ1) is 22.0. The summed E-state index contributed by atoms with van der Waals surface area (Å²) in [5.41, 5.74) is 1.88. The molecule has 0 bridgehead atoms. The highest BCUT2D eigenvalue weighted by molar-refractivity contribution is 7.71. The van der Waals surface area contributed by atoms with Crippen molar-refractivity contribution in [2.24, 2.45) is 0 Å². The number of rotatable bonds is 10. The highest BCUT2D eigenvalue weighted by Crippen LogP contribution is 2.25. The third-order valence-electron chi connectivity index (χ3n) is 4.76. The van der Waals surface area contributed by atoms with Crippen molar-refractivity contribution in [3.05, 3.63) is 53.3 Å². The molecule has 2 aromatic carbocycles. The maximum Gasteiger partial charge on any atom is 0.221 e. The van der Waals surface area contributed by atoms with Gasteiger partial charge in [0.05, 0.1) is 16.8 Å². The lowest BCUT2D eigenvalue weighted by atomic mass is 10.2. The van der Waals surface area contributed by atoms with Gasteiger partial charge in [-0.1, -0.05) is 23.5 Å². The zero-order valence-electron chi connectivity index (χ0n) is 17.6. The summed E-state index contributed by atoms with van der Waals surface area (Å²) in [6.45, 7) is 4.12. The number of nitrogens with zero attached hydrogens (tertiary/aromatic N) is 3. The van der Waals surface area contributed by atoms with E-state index in [-0.39, 0.29) is 5.91 Å². The minimum Gasteiger partial charge on any atom is -0.494 e. The number of anilines is 1. The number of aromatic nitrogens is 4. The predicted octanol–water partition coefficient (Wildman–Crippen LogP) is 4.23. The highest BCUT2D eigenvalue weighted by Gasteiger charge is 2.11. The number of H-pyrrole nitrogens is 1. The van der Waals surface area contributed by atoms with Gasteiger partial charge in [-0.25, -0.2) is 4.98 Å². The van der Waals surface area contributed by atoms with Crippen molar-refractivity contribution in [2.45, 2.75) is 19.9 Å². The molecule has 166 valence electrons. The molecule has 2 heterocycles. The van der Waals surface area contributed by atoms with Crippen LogP contribution >= 0.6 is 23.6 Å². The third-order valence-corrected chi connectivity index (χ3v) is 6.07. The lowest BCUT2D eigenvalue weighted by Gasteiger charge is -2.09.